The average Bonchev–Trinajstić information content (AvgIpc) is 3.04. The van der Waals surface area contributed by atoms with Crippen molar-refractivity contribution < 1.29 is 13.9 Å². The van der Waals surface area contributed by atoms with Crippen LogP contribution in [0.4, 0.5) is 4.39 Å². The summed E-state index contributed by atoms with van der Waals surface area (Å²) in [6.07, 6.45) is 4.75. The summed E-state index contributed by atoms with van der Waals surface area (Å²) in [6, 6.07) is 5.19. The number of rotatable bonds is 3. The highest BCUT2D eigenvalue weighted by Crippen LogP contribution is 2.35. The fourth-order valence-corrected chi connectivity index (χ4v) is 5.26. The maximum absolute atomic E-state index is 13.5. The van der Waals surface area contributed by atoms with Gasteiger partial charge in [0.2, 0.25) is 0 Å². The van der Waals surface area contributed by atoms with Crippen molar-refractivity contribution in [1.82, 2.24) is 19.4 Å². The van der Waals surface area contributed by atoms with Crippen molar-refractivity contribution in [2.24, 2.45) is 5.92 Å². The number of carbonyl (C=O) groups is 1. The van der Waals surface area contributed by atoms with Gasteiger partial charge in [-0.3, -0.25) is 19.5 Å². The van der Waals surface area contributed by atoms with E-state index >= 15 is 0 Å². The number of carbonyl (C=O) groups excluding carboxylic acids is 1. The number of pyridine rings is 2. The first-order chi connectivity index (χ1) is 15.1. The van der Waals surface area contributed by atoms with Crippen LogP contribution in [-0.2, 0) is 17.8 Å². The molecule has 0 aliphatic carbocycles. The van der Waals surface area contributed by atoms with Crippen LogP contribution in [0.2, 0.25) is 0 Å². The molecule has 0 unspecified atom stereocenters. The standard InChI is InChI=1S/C23H27FN4O3/c24-19-9-16(10-25-11-19)12-26-13-17-8-18(15-26)21-3-2-20(23(30)28(21)14-17)22(29)27-4-1-6-31-7-5-27/h2-3,9-11,17-18H,1,4-8,12-15H2/t17-,18+/m0/s1. The van der Waals surface area contributed by atoms with E-state index in [0.717, 1.165) is 37.2 Å². The van der Waals surface area contributed by atoms with Gasteiger partial charge < -0.3 is 14.2 Å². The fraction of sp³-hybridized carbons (Fsp3) is 0.522. The van der Waals surface area contributed by atoms with E-state index in [1.54, 1.807) is 17.2 Å². The summed E-state index contributed by atoms with van der Waals surface area (Å²) in [5, 5.41) is 0. The molecule has 0 aromatic carbocycles. The Morgan fingerprint density at radius 1 is 1.16 bits per heavy atom. The number of hydrogen-bond donors (Lipinski definition) is 0. The van der Waals surface area contributed by atoms with Crippen LogP contribution in [0.15, 0.2) is 35.4 Å². The van der Waals surface area contributed by atoms with Gasteiger partial charge in [-0.1, -0.05) is 0 Å². The zero-order valence-electron chi connectivity index (χ0n) is 17.5. The third-order valence-electron chi connectivity index (χ3n) is 6.59. The Labute approximate surface area is 180 Å². The minimum atomic E-state index is -0.320. The zero-order chi connectivity index (χ0) is 21.4. The van der Waals surface area contributed by atoms with Gasteiger partial charge in [0, 0.05) is 63.7 Å². The number of hydrogen-bond acceptors (Lipinski definition) is 5. The first-order valence-corrected chi connectivity index (χ1v) is 11.0. The Hall–Kier alpha value is -2.58. The molecule has 0 radical (unpaired) electrons. The molecule has 164 valence electrons. The normalized spacial score (nSPS) is 23.8. The van der Waals surface area contributed by atoms with E-state index in [0.29, 0.717) is 45.3 Å². The van der Waals surface area contributed by atoms with Crippen molar-refractivity contribution in [1.29, 1.82) is 0 Å². The molecule has 2 aromatic rings. The predicted molar refractivity (Wildman–Crippen MR) is 112 cm³/mol. The third kappa shape index (κ3) is 4.14. The summed E-state index contributed by atoms with van der Waals surface area (Å²) in [5.74, 6) is 0.0568. The lowest BCUT2D eigenvalue weighted by Crippen LogP contribution is -2.48. The first kappa shape index (κ1) is 20.3. The van der Waals surface area contributed by atoms with Crippen molar-refractivity contribution >= 4 is 5.91 Å². The van der Waals surface area contributed by atoms with Crippen molar-refractivity contribution in [3.8, 4) is 0 Å². The Kier molecular flexibility index (Phi) is 5.58. The maximum Gasteiger partial charge on any atom is 0.263 e. The van der Waals surface area contributed by atoms with Crippen molar-refractivity contribution in [2.75, 3.05) is 39.4 Å². The van der Waals surface area contributed by atoms with Gasteiger partial charge in [0.1, 0.15) is 11.4 Å². The molecule has 7 nitrogen and oxygen atoms in total. The summed E-state index contributed by atoms with van der Waals surface area (Å²) in [6.45, 7) is 5.23. The minimum absolute atomic E-state index is 0.176. The monoisotopic (exact) mass is 426 g/mol. The number of nitrogens with zero attached hydrogens (tertiary/aromatic N) is 4. The number of aromatic nitrogens is 2. The lowest BCUT2D eigenvalue weighted by atomic mass is 9.83. The van der Waals surface area contributed by atoms with E-state index in [2.05, 4.69) is 9.88 Å². The van der Waals surface area contributed by atoms with Crippen molar-refractivity contribution in [3.05, 3.63) is 63.6 Å². The Morgan fingerprint density at radius 2 is 2.06 bits per heavy atom. The topological polar surface area (TPSA) is 67.7 Å². The predicted octanol–water partition coefficient (Wildman–Crippen LogP) is 1.86. The summed E-state index contributed by atoms with van der Waals surface area (Å²) >= 11 is 0. The van der Waals surface area contributed by atoms with Gasteiger partial charge >= 0.3 is 0 Å². The summed E-state index contributed by atoms with van der Waals surface area (Å²) < 4.78 is 20.8. The van der Waals surface area contributed by atoms with Gasteiger partial charge in [-0.25, -0.2) is 4.39 Å². The minimum Gasteiger partial charge on any atom is -0.380 e. The van der Waals surface area contributed by atoms with Crippen molar-refractivity contribution in [2.45, 2.75) is 31.8 Å². The van der Waals surface area contributed by atoms with Crippen LogP contribution in [0.3, 0.4) is 0 Å². The molecule has 2 fully saturated rings. The van der Waals surface area contributed by atoms with Crippen LogP contribution >= 0.6 is 0 Å². The quantitative estimate of drug-likeness (QED) is 0.750. The molecule has 2 atom stereocenters. The smallest absolute Gasteiger partial charge is 0.263 e. The van der Waals surface area contributed by atoms with Crippen LogP contribution in [0, 0.1) is 11.7 Å². The number of fused-ring (bicyclic) bond motifs is 4. The van der Waals surface area contributed by atoms with Crippen molar-refractivity contribution in [3.63, 3.8) is 0 Å². The molecular weight excluding hydrogens is 399 g/mol. The van der Waals surface area contributed by atoms with Gasteiger partial charge in [0.15, 0.2) is 0 Å². The second-order valence-corrected chi connectivity index (χ2v) is 8.85. The summed E-state index contributed by atoms with van der Waals surface area (Å²) in [5.41, 5.74) is 1.94. The third-order valence-corrected chi connectivity index (χ3v) is 6.59. The Morgan fingerprint density at radius 3 is 2.94 bits per heavy atom. The largest absolute Gasteiger partial charge is 0.380 e. The molecule has 0 N–H and O–H groups in total. The van der Waals surface area contributed by atoms with Crippen LogP contribution in [0.25, 0.3) is 0 Å². The molecule has 2 saturated heterocycles. The number of ether oxygens (including phenoxy) is 1. The van der Waals surface area contributed by atoms with Gasteiger partial charge in [-0.05, 0) is 42.5 Å². The lowest BCUT2D eigenvalue weighted by molar-refractivity contribution is 0.0736. The summed E-state index contributed by atoms with van der Waals surface area (Å²) in [7, 11) is 0. The van der Waals surface area contributed by atoms with E-state index in [1.165, 1.54) is 12.3 Å². The second-order valence-electron chi connectivity index (χ2n) is 8.85. The molecule has 0 saturated carbocycles. The zero-order valence-corrected chi connectivity index (χ0v) is 17.5. The van der Waals surface area contributed by atoms with E-state index in [1.807, 2.05) is 10.6 Å². The molecule has 3 aliphatic heterocycles. The Bertz CT molecular complexity index is 1030. The molecule has 2 aromatic heterocycles. The molecule has 5 heterocycles. The summed E-state index contributed by atoms with van der Waals surface area (Å²) in [4.78, 5) is 34.2. The SMILES string of the molecule is O=C(c1ccc2n(c1=O)C[C@H]1C[C@@H]2CN(Cc2cncc(F)c2)C1)N1CCCOCC1. The molecule has 8 heteroatoms. The van der Waals surface area contributed by atoms with E-state index < -0.39 is 0 Å². The van der Waals surface area contributed by atoms with Crippen LogP contribution in [-0.4, -0.2) is 64.7 Å². The lowest BCUT2D eigenvalue weighted by Gasteiger charge is -2.43. The van der Waals surface area contributed by atoms with Crippen LogP contribution in [0.1, 0.15) is 40.4 Å². The van der Waals surface area contributed by atoms with Gasteiger partial charge in [0.25, 0.3) is 11.5 Å². The highest BCUT2D eigenvalue weighted by molar-refractivity contribution is 5.94. The second kappa shape index (κ2) is 8.51. The molecule has 1 amide bonds. The molecule has 3 aliphatic rings. The molecule has 0 spiro atoms. The number of amides is 1. The highest BCUT2D eigenvalue weighted by atomic mass is 19.1. The highest BCUT2D eigenvalue weighted by Gasteiger charge is 2.35. The van der Waals surface area contributed by atoms with Crippen LogP contribution in [0.5, 0.6) is 0 Å². The fourth-order valence-electron chi connectivity index (χ4n) is 5.26. The molecule has 5 rings (SSSR count). The molecular formula is C23H27FN4O3. The van der Waals surface area contributed by atoms with Gasteiger partial charge in [-0.15, -0.1) is 0 Å². The van der Waals surface area contributed by atoms with Crippen LogP contribution < -0.4 is 5.56 Å². The molecule has 2 bridgehead atoms. The maximum atomic E-state index is 13.5. The number of halogens is 1. The first-order valence-electron chi connectivity index (χ1n) is 11.0. The van der Waals surface area contributed by atoms with E-state index in [9.17, 15) is 14.0 Å². The van der Waals surface area contributed by atoms with Gasteiger partial charge in [0.05, 0.1) is 12.8 Å². The van der Waals surface area contributed by atoms with E-state index in [-0.39, 0.29) is 28.8 Å². The van der Waals surface area contributed by atoms with Gasteiger partial charge in [-0.2, -0.15) is 0 Å². The number of likely N-dealkylation sites (tertiary alicyclic amines) is 1. The average molecular weight is 426 g/mol. The molecule has 31 heavy (non-hydrogen) atoms. The Balaban J connectivity index is 1.36. The number of piperidine rings is 1. The van der Waals surface area contributed by atoms with E-state index in [4.69, 9.17) is 4.74 Å².